The van der Waals surface area contributed by atoms with Gasteiger partial charge in [-0.2, -0.15) is 0 Å². The molecule has 2 aliphatic rings. The zero-order valence-electron chi connectivity index (χ0n) is 9.88. The number of pyridine rings is 1. The van der Waals surface area contributed by atoms with Gasteiger partial charge in [-0.15, -0.1) is 0 Å². The number of allylic oxidation sites excluding steroid dienone is 8. The van der Waals surface area contributed by atoms with Crippen molar-refractivity contribution >= 4 is 5.57 Å². The number of rotatable bonds is 1. The van der Waals surface area contributed by atoms with E-state index in [9.17, 15) is 0 Å². The Bertz CT molecular complexity index is 546. The minimum atomic E-state index is 0.443. The van der Waals surface area contributed by atoms with Gasteiger partial charge in [0.05, 0.1) is 5.69 Å². The van der Waals surface area contributed by atoms with E-state index in [-0.39, 0.29) is 0 Å². The van der Waals surface area contributed by atoms with Crippen molar-refractivity contribution in [2.75, 3.05) is 0 Å². The summed E-state index contributed by atoms with van der Waals surface area (Å²) >= 11 is 0. The maximum atomic E-state index is 4.53. The largest absolute Gasteiger partial charge is 0.256 e. The van der Waals surface area contributed by atoms with Crippen LogP contribution in [0.25, 0.3) is 5.57 Å². The molecule has 0 radical (unpaired) electrons. The van der Waals surface area contributed by atoms with Gasteiger partial charge in [0, 0.05) is 18.0 Å². The highest BCUT2D eigenvalue weighted by molar-refractivity contribution is 5.72. The molecule has 2 atom stereocenters. The summed E-state index contributed by atoms with van der Waals surface area (Å²) in [5, 5.41) is 0. The molecule has 17 heavy (non-hydrogen) atoms. The minimum absolute atomic E-state index is 0.443. The summed E-state index contributed by atoms with van der Waals surface area (Å²) in [6, 6.07) is 4.12. The van der Waals surface area contributed by atoms with Gasteiger partial charge in [-0.1, -0.05) is 48.6 Å². The summed E-state index contributed by atoms with van der Waals surface area (Å²) in [6.07, 6.45) is 17.3. The van der Waals surface area contributed by atoms with Gasteiger partial charge < -0.3 is 0 Å². The first-order chi connectivity index (χ1) is 8.36. The lowest BCUT2D eigenvalue weighted by atomic mass is 9.78. The summed E-state index contributed by atoms with van der Waals surface area (Å²) in [5.41, 5.74) is 3.71. The number of hydrogen-bond donors (Lipinski definition) is 0. The van der Waals surface area contributed by atoms with Gasteiger partial charge in [-0.3, -0.25) is 4.98 Å². The molecule has 0 bridgehead atoms. The number of aromatic nitrogens is 1. The van der Waals surface area contributed by atoms with E-state index in [2.05, 4.69) is 60.5 Å². The topological polar surface area (TPSA) is 12.9 Å². The molecule has 2 unspecified atom stereocenters. The fourth-order valence-corrected chi connectivity index (χ4v) is 2.54. The van der Waals surface area contributed by atoms with Crippen LogP contribution in [0.15, 0.2) is 60.9 Å². The Morgan fingerprint density at radius 3 is 2.76 bits per heavy atom. The zero-order chi connectivity index (χ0) is 11.7. The number of nitrogens with zero attached hydrogens (tertiary/aromatic N) is 1. The number of hydrogen-bond acceptors (Lipinski definition) is 1. The second-order valence-electron chi connectivity index (χ2n) is 4.55. The molecule has 1 aromatic heterocycles. The zero-order valence-corrected chi connectivity index (χ0v) is 9.88. The van der Waals surface area contributed by atoms with Crippen LogP contribution in [-0.2, 0) is 0 Å². The first-order valence-corrected chi connectivity index (χ1v) is 6.01. The van der Waals surface area contributed by atoms with E-state index in [0.29, 0.717) is 11.8 Å². The monoisotopic (exact) mass is 221 g/mol. The third kappa shape index (κ3) is 1.78. The third-order valence-corrected chi connectivity index (χ3v) is 3.43. The molecule has 1 heteroatoms. The molecule has 1 nitrogen and oxygen atoms in total. The standard InChI is InChI=1S/C16H15N/c1-12-6-5-11-17-16(12)15-10-4-8-13-7-2-3-9-14(13)15/h2-11,13-14H,1H3. The summed E-state index contributed by atoms with van der Waals surface area (Å²) in [5.74, 6) is 0.931. The van der Waals surface area contributed by atoms with E-state index < -0.39 is 0 Å². The molecule has 1 aromatic rings. The van der Waals surface area contributed by atoms with Crippen molar-refractivity contribution in [3.8, 4) is 0 Å². The van der Waals surface area contributed by atoms with Crippen molar-refractivity contribution in [1.29, 1.82) is 0 Å². The van der Waals surface area contributed by atoms with E-state index >= 15 is 0 Å². The van der Waals surface area contributed by atoms with Crippen molar-refractivity contribution < 1.29 is 0 Å². The summed E-state index contributed by atoms with van der Waals surface area (Å²) < 4.78 is 0. The number of aryl methyl sites for hydroxylation is 1. The smallest absolute Gasteiger partial charge is 0.0697 e. The van der Waals surface area contributed by atoms with Gasteiger partial charge in [0.25, 0.3) is 0 Å². The van der Waals surface area contributed by atoms with Crippen molar-refractivity contribution in [3.05, 3.63) is 72.1 Å². The van der Waals surface area contributed by atoms with Crippen LogP contribution in [0, 0.1) is 18.8 Å². The van der Waals surface area contributed by atoms with Crippen LogP contribution in [0.5, 0.6) is 0 Å². The maximum absolute atomic E-state index is 4.53. The molecule has 0 saturated heterocycles. The Kier molecular flexibility index (Phi) is 2.52. The maximum Gasteiger partial charge on any atom is 0.0697 e. The lowest BCUT2D eigenvalue weighted by Crippen LogP contribution is -2.16. The molecule has 0 fully saturated rings. The molecule has 0 aliphatic heterocycles. The molecular formula is C16H15N. The van der Waals surface area contributed by atoms with Crippen molar-refractivity contribution in [1.82, 2.24) is 4.98 Å². The second-order valence-corrected chi connectivity index (χ2v) is 4.55. The molecule has 0 saturated carbocycles. The van der Waals surface area contributed by atoms with E-state index in [1.165, 1.54) is 11.1 Å². The van der Waals surface area contributed by atoms with Gasteiger partial charge in [0.2, 0.25) is 0 Å². The highest BCUT2D eigenvalue weighted by Gasteiger charge is 2.24. The van der Waals surface area contributed by atoms with E-state index in [1.54, 1.807) is 0 Å². The fourth-order valence-electron chi connectivity index (χ4n) is 2.54. The van der Waals surface area contributed by atoms with Gasteiger partial charge >= 0.3 is 0 Å². The van der Waals surface area contributed by atoms with Gasteiger partial charge in [-0.25, -0.2) is 0 Å². The van der Waals surface area contributed by atoms with Crippen LogP contribution >= 0.6 is 0 Å². The highest BCUT2D eigenvalue weighted by Crippen LogP contribution is 2.37. The molecule has 1 heterocycles. The van der Waals surface area contributed by atoms with Crippen molar-refractivity contribution in [3.63, 3.8) is 0 Å². The molecular weight excluding hydrogens is 206 g/mol. The lowest BCUT2D eigenvalue weighted by Gasteiger charge is -2.27. The highest BCUT2D eigenvalue weighted by atomic mass is 14.7. The Hall–Kier alpha value is -1.89. The summed E-state index contributed by atoms with van der Waals surface area (Å²) in [4.78, 5) is 4.53. The number of fused-ring (bicyclic) bond motifs is 1. The SMILES string of the molecule is Cc1cccnc1C1=CC=CC2C=CC=CC12. The second kappa shape index (κ2) is 4.17. The van der Waals surface area contributed by atoms with Crippen molar-refractivity contribution in [2.24, 2.45) is 11.8 Å². The average Bonchev–Trinajstić information content (AvgIpc) is 2.39. The fraction of sp³-hybridized carbons (Fsp3) is 0.188. The molecule has 2 aliphatic carbocycles. The van der Waals surface area contributed by atoms with Gasteiger partial charge in [-0.05, 0) is 24.1 Å². The van der Waals surface area contributed by atoms with Gasteiger partial charge in [0.1, 0.15) is 0 Å². The minimum Gasteiger partial charge on any atom is -0.256 e. The van der Waals surface area contributed by atoms with E-state index in [4.69, 9.17) is 0 Å². The first-order valence-electron chi connectivity index (χ1n) is 6.01. The van der Waals surface area contributed by atoms with Crippen molar-refractivity contribution in [2.45, 2.75) is 6.92 Å². The molecule has 0 N–H and O–H groups in total. The molecule has 3 rings (SSSR count). The Morgan fingerprint density at radius 1 is 1.06 bits per heavy atom. The van der Waals surface area contributed by atoms with Crippen LogP contribution in [-0.4, -0.2) is 4.98 Å². The van der Waals surface area contributed by atoms with E-state index in [0.717, 1.165) is 5.69 Å². The Balaban J connectivity index is 2.06. The predicted molar refractivity (Wildman–Crippen MR) is 71.4 cm³/mol. The first kappa shape index (κ1) is 10.3. The van der Waals surface area contributed by atoms with Crippen LogP contribution in [0.1, 0.15) is 11.3 Å². The Morgan fingerprint density at radius 2 is 1.88 bits per heavy atom. The lowest BCUT2D eigenvalue weighted by molar-refractivity contribution is 0.674. The summed E-state index contributed by atoms with van der Waals surface area (Å²) in [6.45, 7) is 2.12. The predicted octanol–water partition coefficient (Wildman–Crippen LogP) is 3.70. The van der Waals surface area contributed by atoms with Crippen LogP contribution < -0.4 is 0 Å². The van der Waals surface area contributed by atoms with Crippen LogP contribution in [0.2, 0.25) is 0 Å². The molecule has 0 amide bonds. The van der Waals surface area contributed by atoms with E-state index in [1.807, 2.05) is 12.3 Å². The normalized spacial score (nSPS) is 25.6. The van der Waals surface area contributed by atoms with Gasteiger partial charge in [0.15, 0.2) is 0 Å². The van der Waals surface area contributed by atoms with Crippen LogP contribution in [0.4, 0.5) is 0 Å². The van der Waals surface area contributed by atoms with Crippen LogP contribution in [0.3, 0.4) is 0 Å². The summed E-state index contributed by atoms with van der Waals surface area (Å²) in [7, 11) is 0. The Labute approximate surface area is 102 Å². The molecule has 0 spiro atoms. The third-order valence-electron chi connectivity index (χ3n) is 3.43. The average molecular weight is 221 g/mol. The quantitative estimate of drug-likeness (QED) is 0.704. The molecule has 84 valence electrons. The molecule has 0 aromatic carbocycles.